The SMILES string of the molecule is CCC(=O)/C=C(C)/C=C/C=C(C)/C=C/c1c(C)cc(O)c(C)c1C. The van der Waals surface area contributed by atoms with Crippen LogP contribution in [0.5, 0.6) is 5.75 Å². The number of benzene rings is 1. The third-order valence-electron chi connectivity index (χ3n) is 4.10. The highest BCUT2D eigenvalue weighted by molar-refractivity contribution is 5.90. The van der Waals surface area contributed by atoms with Crippen LogP contribution in [0.25, 0.3) is 6.08 Å². The van der Waals surface area contributed by atoms with E-state index in [-0.39, 0.29) is 5.78 Å². The molecule has 1 aromatic carbocycles. The Bertz CT molecular complexity index is 729. The van der Waals surface area contributed by atoms with Crippen LogP contribution >= 0.6 is 0 Å². The molecule has 2 heteroatoms. The van der Waals surface area contributed by atoms with Crippen LogP contribution < -0.4 is 0 Å². The maximum atomic E-state index is 11.3. The number of phenols is 1. The number of hydrogen-bond donors (Lipinski definition) is 1. The van der Waals surface area contributed by atoms with Crippen molar-refractivity contribution in [3.05, 3.63) is 69.8 Å². The quantitative estimate of drug-likeness (QED) is 0.533. The van der Waals surface area contributed by atoms with E-state index in [0.29, 0.717) is 12.2 Å². The Labute approximate surface area is 145 Å². The molecule has 24 heavy (non-hydrogen) atoms. The van der Waals surface area contributed by atoms with Gasteiger partial charge in [-0.2, -0.15) is 0 Å². The fraction of sp³-hybridized carbons (Fsp3) is 0.318. The van der Waals surface area contributed by atoms with Crippen LogP contribution in [0.1, 0.15) is 49.4 Å². The number of carbonyl (C=O) groups is 1. The Morgan fingerprint density at radius 3 is 2.38 bits per heavy atom. The number of ketones is 1. The Balaban J connectivity index is 2.90. The van der Waals surface area contributed by atoms with Gasteiger partial charge in [0.1, 0.15) is 5.75 Å². The van der Waals surface area contributed by atoms with E-state index < -0.39 is 0 Å². The van der Waals surface area contributed by atoms with E-state index in [9.17, 15) is 9.90 Å². The topological polar surface area (TPSA) is 37.3 Å². The molecule has 128 valence electrons. The van der Waals surface area contributed by atoms with Crippen molar-refractivity contribution in [2.45, 2.75) is 48.0 Å². The summed E-state index contributed by atoms with van der Waals surface area (Å²) in [5, 5.41) is 9.86. The molecule has 0 fully saturated rings. The molecule has 0 aliphatic rings. The van der Waals surface area contributed by atoms with E-state index in [0.717, 1.165) is 33.4 Å². The van der Waals surface area contributed by atoms with Gasteiger partial charge in [0.15, 0.2) is 5.78 Å². The molecule has 1 aromatic rings. The van der Waals surface area contributed by atoms with Crippen molar-refractivity contribution in [2.24, 2.45) is 0 Å². The average molecular weight is 324 g/mol. The zero-order valence-corrected chi connectivity index (χ0v) is 15.6. The van der Waals surface area contributed by atoms with Gasteiger partial charge in [0.05, 0.1) is 0 Å². The molecule has 0 radical (unpaired) electrons. The van der Waals surface area contributed by atoms with Crippen LogP contribution in [0.3, 0.4) is 0 Å². The maximum absolute atomic E-state index is 11.3. The van der Waals surface area contributed by atoms with Crippen molar-refractivity contribution in [1.82, 2.24) is 0 Å². The molecule has 0 atom stereocenters. The fourth-order valence-corrected chi connectivity index (χ4v) is 2.36. The minimum atomic E-state index is 0.145. The van der Waals surface area contributed by atoms with E-state index in [1.807, 2.05) is 59.8 Å². The number of allylic oxidation sites excluding steroid dienone is 7. The van der Waals surface area contributed by atoms with E-state index in [2.05, 4.69) is 12.2 Å². The van der Waals surface area contributed by atoms with Gasteiger partial charge in [0, 0.05) is 6.42 Å². The van der Waals surface area contributed by atoms with Gasteiger partial charge < -0.3 is 5.11 Å². The van der Waals surface area contributed by atoms with E-state index in [1.165, 1.54) is 0 Å². The highest BCUT2D eigenvalue weighted by Crippen LogP contribution is 2.27. The summed E-state index contributed by atoms with van der Waals surface area (Å²) in [6.07, 6.45) is 12.3. The van der Waals surface area contributed by atoms with Crippen LogP contribution in [0.4, 0.5) is 0 Å². The lowest BCUT2D eigenvalue weighted by Crippen LogP contribution is -1.91. The lowest BCUT2D eigenvalue weighted by atomic mass is 9.96. The van der Waals surface area contributed by atoms with Crippen LogP contribution in [0, 0.1) is 20.8 Å². The second-order valence-corrected chi connectivity index (χ2v) is 6.19. The Kier molecular flexibility index (Phi) is 7.44. The number of rotatable bonds is 6. The van der Waals surface area contributed by atoms with E-state index >= 15 is 0 Å². The minimum absolute atomic E-state index is 0.145. The summed E-state index contributed by atoms with van der Waals surface area (Å²) in [5.74, 6) is 0.493. The van der Waals surface area contributed by atoms with Gasteiger partial charge in [-0.1, -0.05) is 42.9 Å². The van der Waals surface area contributed by atoms with Gasteiger partial charge in [-0.05, 0) is 74.6 Å². The Hall–Kier alpha value is -2.35. The molecule has 0 heterocycles. The van der Waals surface area contributed by atoms with E-state index in [1.54, 1.807) is 12.1 Å². The van der Waals surface area contributed by atoms with Crippen molar-refractivity contribution in [2.75, 3.05) is 0 Å². The second kappa shape index (κ2) is 9.07. The van der Waals surface area contributed by atoms with Crippen LogP contribution in [0.15, 0.2) is 47.6 Å². The van der Waals surface area contributed by atoms with Crippen LogP contribution in [0.2, 0.25) is 0 Å². The van der Waals surface area contributed by atoms with Gasteiger partial charge >= 0.3 is 0 Å². The summed E-state index contributed by atoms with van der Waals surface area (Å²) in [4.78, 5) is 11.3. The van der Waals surface area contributed by atoms with Crippen molar-refractivity contribution in [3.8, 4) is 5.75 Å². The lowest BCUT2D eigenvalue weighted by molar-refractivity contribution is -0.114. The highest BCUT2D eigenvalue weighted by atomic mass is 16.3. The molecule has 0 saturated heterocycles. The zero-order chi connectivity index (χ0) is 18.3. The molecule has 2 nitrogen and oxygen atoms in total. The number of phenolic OH excluding ortho intramolecular Hbond substituents is 1. The molecule has 0 unspecified atom stereocenters. The summed E-state index contributed by atoms with van der Waals surface area (Å²) in [6.45, 7) is 11.8. The second-order valence-electron chi connectivity index (χ2n) is 6.19. The number of hydrogen-bond acceptors (Lipinski definition) is 2. The molecule has 0 aromatic heterocycles. The molecule has 1 N–H and O–H groups in total. The molecule has 0 aliphatic heterocycles. The number of aromatic hydroxyl groups is 1. The van der Waals surface area contributed by atoms with Gasteiger partial charge in [-0.15, -0.1) is 0 Å². The molecular weight excluding hydrogens is 296 g/mol. The summed E-state index contributed by atoms with van der Waals surface area (Å²) in [6, 6.07) is 1.81. The fourth-order valence-electron chi connectivity index (χ4n) is 2.36. The predicted molar refractivity (Wildman–Crippen MR) is 103 cm³/mol. The third kappa shape index (κ3) is 5.69. The van der Waals surface area contributed by atoms with Gasteiger partial charge in [-0.3, -0.25) is 4.79 Å². The highest BCUT2D eigenvalue weighted by Gasteiger charge is 2.06. The maximum Gasteiger partial charge on any atom is 0.155 e. The first-order valence-corrected chi connectivity index (χ1v) is 8.30. The molecule has 0 aliphatic carbocycles. The third-order valence-corrected chi connectivity index (χ3v) is 4.10. The predicted octanol–water partition coefficient (Wildman–Crippen LogP) is 5.76. The number of carbonyl (C=O) groups excluding carboxylic acids is 1. The zero-order valence-electron chi connectivity index (χ0n) is 15.6. The molecular formula is C22H28O2. The minimum Gasteiger partial charge on any atom is -0.508 e. The first-order valence-electron chi connectivity index (χ1n) is 8.30. The van der Waals surface area contributed by atoms with Crippen molar-refractivity contribution < 1.29 is 9.90 Å². The van der Waals surface area contributed by atoms with Crippen molar-refractivity contribution in [3.63, 3.8) is 0 Å². The van der Waals surface area contributed by atoms with Gasteiger partial charge in [-0.25, -0.2) is 0 Å². The first kappa shape index (κ1) is 19.7. The largest absolute Gasteiger partial charge is 0.508 e. The smallest absolute Gasteiger partial charge is 0.155 e. The van der Waals surface area contributed by atoms with Crippen molar-refractivity contribution >= 4 is 11.9 Å². The molecule has 0 spiro atoms. The lowest BCUT2D eigenvalue weighted by Gasteiger charge is -2.10. The standard InChI is InChI=1S/C22H28O2/c1-7-20(23)13-16(3)10-8-9-15(2)11-12-21-17(4)14-22(24)19(6)18(21)5/h8-14,24H,7H2,1-6H3/b10-8+,12-11+,15-9+,16-13+. The monoisotopic (exact) mass is 324 g/mol. The van der Waals surface area contributed by atoms with E-state index in [4.69, 9.17) is 0 Å². The first-order chi connectivity index (χ1) is 11.3. The molecule has 0 saturated carbocycles. The molecule has 0 bridgehead atoms. The Morgan fingerprint density at radius 2 is 1.75 bits per heavy atom. The molecule has 1 rings (SSSR count). The summed E-state index contributed by atoms with van der Waals surface area (Å²) >= 11 is 0. The number of aryl methyl sites for hydroxylation is 1. The summed E-state index contributed by atoms with van der Waals surface area (Å²) in [7, 11) is 0. The van der Waals surface area contributed by atoms with Gasteiger partial charge in [0.2, 0.25) is 0 Å². The van der Waals surface area contributed by atoms with Crippen LogP contribution in [-0.4, -0.2) is 10.9 Å². The Morgan fingerprint density at radius 1 is 1.08 bits per heavy atom. The average Bonchev–Trinajstić information content (AvgIpc) is 2.52. The van der Waals surface area contributed by atoms with Crippen molar-refractivity contribution in [1.29, 1.82) is 0 Å². The normalized spacial score (nSPS) is 13.2. The molecule has 0 amide bonds. The van der Waals surface area contributed by atoms with Gasteiger partial charge in [0.25, 0.3) is 0 Å². The summed E-state index contributed by atoms with van der Waals surface area (Å²) < 4.78 is 0. The van der Waals surface area contributed by atoms with Crippen LogP contribution in [-0.2, 0) is 4.79 Å². The summed E-state index contributed by atoms with van der Waals surface area (Å²) in [5.41, 5.74) is 6.30.